The van der Waals surface area contributed by atoms with E-state index in [1.807, 2.05) is 24.1 Å². The van der Waals surface area contributed by atoms with Gasteiger partial charge in [-0.3, -0.25) is 9.78 Å². The van der Waals surface area contributed by atoms with Crippen LogP contribution in [-0.2, 0) is 11.2 Å². The molecule has 0 spiro atoms. The second-order valence-corrected chi connectivity index (χ2v) is 5.31. The Morgan fingerprint density at radius 2 is 2.11 bits per heavy atom. The average Bonchev–Trinajstić information content (AvgIpc) is 3.17. The van der Waals surface area contributed by atoms with Crippen molar-refractivity contribution < 1.29 is 4.79 Å². The summed E-state index contributed by atoms with van der Waals surface area (Å²) in [6.07, 6.45) is 7.17. The van der Waals surface area contributed by atoms with Gasteiger partial charge in [0.25, 0.3) is 0 Å². The Morgan fingerprint density at radius 3 is 2.67 bits per heavy atom. The third kappa shape index (κ3) is 3.29. The molecule has 98 valence electrons. The number of amides is 1. The minimum Gasteiger partial charge on any atom is -0.345 e. The van der Waals surface area contributed by atoms with Crippen molar-refractivity contribution in [3.63, 3.8) is 0 Å². The van der Waals surface area contributed by atoms with Crippen molar-refractivity contribution in [3.8, 4) is 0 Å². The summed E-state index contributed by atoms with van der Waals surface area (Å²) < 4.78 is 0. The number of nitrogens with zero attached hydrogens (tertiary/aromatic N) is 2. The van der Waals surface area contributed by atoms with Gasteiger partial charge in [-0.15, -0.1) is 0 Å². The Hall–Kier alpha value is -1.42. The van der Waals surface area contributed by atoms with E-state index in [0.29, 0.717) is 13.0 Å². The van der Waals surface area contributed by atoms with Gasteiger partial charge in [-0.2, -0.15) is 0 Å². The minimum atomic E-state index is 0.200. The molecule has 1 heterocycles. The number of hydrogen-bond acceptors (Lipinski definition) is 3. The fourth-order valence-electron chi connectivity index (χ4n) is 2.19. The van der Waals surface area contributed by atoms with Crippen LogP contribution in [-0.4, -0.2) is 35.9 Å². The number of rotatable bonds is 6. The summed E-state index contributed by atoms with van der Waals surface area (Å²) in [7, 11) is 1.88. The minimum absolute atomic E-state index is 0.200. The zero-order chi connectivity index (χ0) is 13.0. The Bertz CT molecular complexity index is 401. The fraction of sp³-hybridized carbons (Fsp3) is 0.571. The lowest BCUT2D eigenvalue weighted by Crippen LogP contribution is -2.35. The van der Waals surface area contributed by atoms with E-state index in [0.717, 1.165) is 31.4 Å². The molecule has 4 nitrogen and oxygen atoms in total. The first kappa shape index (κ1) is 13.0. The fourth-order valence-corrected chi connectivity index (χ4v) is 2.19. The van der Waals surface area contributed by atoms with Gasteiger partial charge in [-0.05, 0) is 43.5 Å². The summed E-state index contributed by atoms with van der Waals surface area (Å²) in [5, 5.41) is 0. The van der Waals surface area contributed by atoms with Crippen molar-refractivity contribution in [3.05, 3.63) is 30.1 Å². The number of carbonyl (C=O) groups excluding carboxylic acids is 1. The molecular formula is C14H21N3O. The van der Waals surface area contributed by atoms with Gasteiger partial charge in [0.1, 0.15) is 0 Å². The maximum Gasteiger partial charge on any atom is 0.222 e. The van der Waals surface area contributed by atoms with Gasteiger partial charge in [0.15, 0.2) is 0 Å². The molecule has 2 N–H and O–H groups in total. The molecule has 0 aliphatic heterocycles. The standard InChI is InChI=1S/C14H21N3O/c1-17(11-14(10-15)6-7-14)13(18)3-2-12-4-8-16-9-5-12/h4-5,8-9H,2-3,6-7,10-11,15H2,1H3. The van der Waals surface area contributed by atoms with Gasteiger partial charge in [0, 0.05) is 37.8 Å². The molecule has 1 aromatic heterocycles. The molecule has 1 fully saturated rings. The molecular weight excluding hydrogens is 226 g/mol. The predicted octanol–water partition coefficient (Wildman–Crippen LogP) is 1.21. The van der Waals surface area contributed by atoms with Crippen LogP contribution < -0.4 is 5.73 Å². The maximum absolute atomic E-state index is 12.0. The zero-order valence-corrected chi connectivity index (χ0v) is 10.9. The summed E-state index contributed by atoms with van der Waals surface area (Å²) in [5.74, 6) is 0.200. The van der Waals surface area contributed by atoms with Crippen LogP contribution in [0.1, 0.15) is 24.8 Å². The van der Waals surface area contributed by atoms with Crippen LogP contribution in [0.4, 0.5) is 0 Å². The van der Waals surface area contributed by atoms with Crippen LogP contribution in [0.3, 0.4) is 0 Å². The average molecular weight is 247 g/mol. The monoisotopic (exact) mass is 247 g/mol. The molecule has 0 unspecified atom stereocenters. The maximum atomic E-state index is 12.0. The smallest absolute Gasteiger partial charge is 0.222 e. The molecule has 1 aliphatic carbocycles. The van der Waals surface area contributed by atoms with Crippen molar-refractivity contribution in [2.75, 3.05) is 20.1 Å². The molecule has 1 saturated carbocycles. The van der Waals surface area contributed by atoms with Gasteiger partial charge >= 0.3 is 0 Å². The Labute approximate surface area is 108 Å². The number of carbonyl (C=O) groups is 1. The van der Waals surface area contributed by atoms with Crippen LogP contribution in [0.2, 0.25) is 0 Å². The molecule has 1 amide bonds. The van der Waals surface area contributed by atoms with Crippen molar-refractivity contribution >= 4 is 5.91 Å². The molecule has 0 saturated heterocycles. The highest BCUT2D eigenvalue weighted by atomic mass is 16.2. The summed E-state index contributed by atoms with van der Waals surface area (Å²) in [5.41, 5.74) is 7.12. The van der Waals surface area contributed by atoms with Crippen molar-refractivity contribution in [1.29, 1.82) is 0 Å². The molecule has 0 radical (unpaired) electrons. The van der Waals surface area contributed by atoms with E-state index >= 15 is 0 Å². The second kappa shape index (κ2) is 5.48. The van der Waals surface area contributed by atoms with Gasteiger partial charge < -0.3 is 10.6 Å². The van der Waals surface area contributed by atoms with E-state index in [2.05, 4.69) is 4.98 Å². The first-order valence-electron chi connectivity index (χ1n) is 6.48. The first-order valence-corrected chi connectivity index (χ1v) is 6.48. The molecule has 0 aromatic carbocycles. The highest BCUT2D eigenvalue weighted by Gasteiger charge is 2.42. The Morgan fingerprint density at radius 1 is 1.44 bits per heavy atom. The number of aryl methyl sites for hydroxylation is 1. The zero-order valence-electron chi connectivity index (χ0n) is 10.9. The number of nitrogens with two attached hydrogens (primary N) is 1. The third-order valence-electron chi connectivity index (χ3n) is 3.77. The Kier molecular flexibility index (Phi) is 3.97. The lowest BCUT2D eigenvalue weighted by molar-refractivity contribution is -0.130. The summed E-state index contributed by atoms with van der Waals surface area (Å²) in [6.45, 7) is 1.49. The topological polar surface area (TPSA) is 59.2 Å². The molecule has 0 bridgehead atoms. The van der Waals surface area contributed by atoms with E-state index in [4.69, 9.17) is 5.73 Å². The molecule has 1 aliphatic rings. The number of pyridine rings is 1. The van der Waals surface area contributed by atoms with Crippen LogP contribution in [0.15, 0.2) is 24.5 Å². The van der Waals surface area contributed by atoms with Gasteiger partial charge in [0.2, 0.25) is 5.91 Å². The third-order valence-corrected chi connectivity index (χ3v) is 3.77. The lowest BCUT2D eigenvalue weighted by atomic mass is 10.1. The van der Waals surface area contributed by atoms with Crippen molar-refractivity contribution in [1.82, 2.24) is 9.88 Å². The van der Waals surface area contributed by atoms with Crippen LogP contribution in [0, 0.1) is 5.41 Å². The van der Waals surface area contributed by atoms with E-state index in [-0.39, 0.29) is 11.3 Å². The van der Waals surface area contributed by atoms with Gasteiger partial charge in [-0.25, -0.2) is 0 Å². The van der Waals surface area contributed by atoms with Crippen LogP contribution in [0.5, 0.6) is 0 Å². The molecule has 0 atom stereocenters. The van der Waals surface area contributed by atoms with Crippen LogP contribution in [0.25, 0.3) is 0 Å². The first-order chi connectivity index (χ1) is 8.65. The quantitative estimate of drug-likeness (QED) is 0.822. The second-order valence-electron chi connectivity index (χ2n) is 5.31. The number of hydrogen-bond donors (Lipinski definition) is 1. The van der Waals surface area contributed by atoms with Crippen LogP contribution >= 0.6 is 0 Å². The van der Waals surface area contributed by atoms with E-state index in [1.54, 1.807) is 12.4 Å². The van der Waals surface area contributed by atoms with Crippen molar-refractivity contribution in [2.24, 2.45) is 11.1 Å². The van der Waals surface area contributed by atoms with Gasteiger partial charge in [0.05, 0.1) is 0 Å². The summed E-state index contributed by atoms with van der Waals surface area (Å²) in [4.78, 5) is 17.8. The predicted molar refractivity (Wildman–Crippen MR) is 70.9 cm³/mol. The molecule has 2 rings (SSSR count). The van der Waals surface area contributed by atoms with E-state index < -0.39 is 0 Å². The normalized spacial score (nSPS) is 16.3. The van der Waals surface area contributed by atoms with Gasteiger partial charge in [-0.1, -0.05) is 0 Å². The molecule has 4 heteroatoms. The van der Waals surface area contributed by atoms with E-state index in [1.165, 1.54) is 0 Å². The van der Waals surface area contributed by atoms with Crippen molar-refractivity contribution in [2.45, 2.75) is 25.7 Å². The summed E-state index contributed by atoms with van der Waals surface area (Å²) in [6, 6.07) is 3.91. The largest absolute Gasteiger partial charge is 0.345 e. The molecule has 1 aromatic rings. The molecule has 18 heavy (non-hydrogen) atoms. The Balaban J connectivity index is 1.77. The summed E-state index contributed by atoms with van der Waals surface area (Å²) >= 11 is 0. The SMILES string of the molecule is CN(CC1(CN)CC1)C(=O)CCc1ccncc1. The highest BCUT2D eigenvalue weighted by molar-refractivity contribution is 5.76. The lowest BCUT2D eigenvalue weighted by Gasteiger charge is -2.22. The highest BCUT2D eigenvalue weighted by Crippen LogP contribution is 2.44. The number of aromatic nitrogens is 1. The van der Waals surface area contributed by atoms with E-state index in [9.17, 15) is 4.79 Å².